The minimum absolute atomic E-state index is 0.0165. The summed E-state index contributed by atoms with van der Waals surface area (Å²) < 4.78 is 23.1. The van der Waals surface area contributed by atoms with E-state index in [0.29, 0.717) is 24.9 Å². The molecule has 6 nitrogen and oxygen atoms in total. The summed E-state index contributed by atoms with van der Waals surface area (Å²) >= 11 is 0. The Morgan fingerprint density at radius 2 is 2.11 bits per heavy atom. The number of rotatable bonds is 5. The molecule has 1 heterocycles. The molecule has 5 unspecified atom stereocenters. The van der Waals surface area contributed by atoms with Crippen LogP contribution in [0, 0.1) is 17.8 Å². The molecule has 148 valence electrons. The molecule has 3 aliphatic rings. The maximum absolute atomic E-state index is 12.9. The highest BCUT2D eigenvalue weighted by Crippen LogP contribution is 2.49. The largest absolute Gasteiger partial charge is 0.308 e. The van der Waals surface area contributed by atoms with Gasteiger partial charge in [-0.2, -0.15) is 0 Å². The SMILES string of the molecule is CC(NCC(=O)N1c2ccc(S(N)(=O)=O)cc2CC1C)C1CC2CCC1C2. The quantitative estimate of drug-likeness (QED) is 0.803. The predicted molar refractivity (Wildman–Crippen MR) is 105 cm³/mol. The number of primary sulfonamides is 1. The first-order chi connectivity index (χ1) is 12.7. The lowest BCUT2D eigenvalue weighted by atomic mass is 9.84. The van der Waals surface area contributed by atoms with Crippen LogP contribution in [0.15, 0.2) is 23.1 Å². The molecule has 0 spiro atoms. The molecule has 7 heteroatoms. The number of carbonyl (C=O) groups excluding carboxylic acids is 1. The van der Waals surface area contributed by atoms with Gasteiger partial charge in [0, 0.05) is 17.8 Å². The van der Waals surface area contributed by atoms with Crippen molar-refractivity contribution in [2.45, 2.75) is 62.9 Å². The fourth-order valence-corrected chi connectivity index (χ4v) is 6.12. The zero-order chi connectivity index (χ0) is 19.3. The van der Waals surface area contributed by atoms with Crippen LogP contribution in [0.4, 0.5) is 5.69 Å². The smallest absolute Gasteiger partial charge is 0.241 e. The average molecular weight is 392 g/mol. The minimum atomic E-state index is -3.73. The monoisotopic (exact) mass is 391 g/mol. The van der Waals surface area contributed by atoms with Crippen LogP contribution in [0.2, 0.25) is 0 Å². The van der Waals surface area contributed by atoms with E-state index in [-0.39, 0.29) is 16.8 Å². The van der Waals surface area contributed by atoms with Crippen molar-refractivity contribution >= 4 is 21.6 Å². The summed E-state index contributed by atoms with van der Waals surface area (Å²) in [6.07, 6.45) is 6.04. The highest BCUT2D eigenvalue weighted by atomic mass is 32.2. The van der Waals surface area contributed by atoms with E-state index in [9.17, 15) is 13.2 Å². The number of sulfonamides is 1. The van der Waals surface area contributed by atoms with Crippen LogP contribution in [0.25, 0.3) is 0 Å². The molecule has 1 aliphatic heterocycles. The summed E-state index contributed by atoms with van der Waals surface area (Å²) in [5.74, 6) is 2.46. The minimum Gasteiger partial charge on any atom is -0.308 e. The fraction of sp³-hybridized carbons (Fsp3) is 0.650. The summed E-state index contributed by atoms with van der Waals surface area (Å²) in [5, 5.41) is 8.69. The van der Waals surface area contributed by atoms with Crippen molar-refractivity contribution in [1.82, 2.24) is 5.32 Å². The van der Waals surface area contributed by atoms with Gasteiger partial charge >= 0.3 is 0 Å². The number of amides is 1. The van der Waals surface area contributed by atoms with Gasteiger partial charge in [0.05, 0.1) is 11.4 Å². The molecule has 1 amide bonds. The number of carbonyl (C=O) groups is 1. The predicted octanol–water partition coefficient (Wildman–Crippen LogP) is 2.03. The Hall–Kier alpha value is -1.44. The summed E-state index contributed by atoms with van der Waals surface area (Å²) in [6.45, 7) is 4.52. The van der Waals surface area contributed by atoms with Gasteiger partial charge in [0.2, 0.25) is 15.9 Å². The fourth-order valence-electron chi connectivity index (χ4n) is 5.56. The van der Waals surface area contributed by atoms with Crippen LogP contribution in [0.3, 0.4) is 0 Å². The van der Waals surface area contributed by atoms with Crippen molar-refractivity contribution < 1.29 is 13.2 Å². The second kappa shape index (κ2) is 6.87. The average Bonchev–Trinajstić information content (AvgIpc) is 3.30. The van der Waals surface area contributed by atoms with Gasteiger partial charge in [-0.1, -0.05) is 6.42 Å². The lowest BCUT2D eigenvalue weighted by molar-refractivity contribution is -0.118. The third-order valence-electron chi connectivity index (χ3n) is 6.87. The van der Waals surface area contributed by atoms with Crippen molar-refractivity contribution in [1.29, 1.82) is 0 Å². The molecule has 0 saturated heterocycles. The van der Waals surface area contributed by atoms with Gasteiger partial charge in [-0.3, -0.25) is 4.79 Å². The van der Waals surface area contributed by atoms with Crippen molar-refractivity contribution in [2.75, 3.05) is 11.4 Å². The number of fused-ring (bicyclic) bond motifs is 3. The second-order valence-corrected chi connectivity index (χ2v) is 10.2. The summed E-state index contributed by atoms with van der Waals surface area (Å²) in [5.41, 5.74) is 1.66. The van der Waals surface area contributed by atoms with Gasteiger partial charge in [0.1, 0.15) is 0 Å². The first-order valence-electron chi connectivity index (χ1n) is 9.95. The van der Waals surface area contributed by atoms with Crippen molar-refractivity contribution in [3.05, 3.63) is 23.8 Å². The van der Waals surface area contributed by atoms with E-state index >= 15 is 0 Å². The van der Waals surface area contributed by atoms with Crippen LogP contribution in [-0.4, -0.2) is 33.0 Å². The topological polar surface area (TPSA) is 92.5 Å². The standard InChI is InChI=1S/C20H29N3O3S/c1-12-7-16-10-17(27(21,25)26)5-6-19(16)23(12)20(24)11-22-13(2)18-9-14-3-4-15(18)8-14/h5-6,10,12-15,18,22H,3-4,7-9,11H2,1-2H3,(H2,21,25,26). The normalized spacial score (nSPS) is 30.6. The molecule has 2 bridgehead atoms. The Labute approximate surface area is 161 Å². The van der Waals surface area contributed by atoms with Crippen LogP contribution in [0.1, 0.15) is 45.1 Å². The van der Waals surface area contributed by atoms with Gasteiger partial charge < -0.3 is 10.2 Å². The molecule has 3 N–H and O–H groups in total. The first kappa shape index (κ1) is 18.9. The molecular weight excluding hydrogens is 362 g/mol. The van der Waals surface area contributed by atoms with Crippen molar-refractivity contribution in [3.8, 4) is 0 Å². The number of nitrogens with one attached hydrogen (secondary N) is 1. The summed E-state index contributed by atoms with van der Waals surface area (Å²) in [4.78, 5) is 14.8. The molecule has 0 aromatic heterocycles. The molecule has 2 aliphatic carbocycles. The maximum Gasteiger partial charge on any atom is 0.241 e. The Morgan fingerprint density at radius 3 is 2.74 bits per heavy atom. The van der Waals surface area contributed by atoms with Crippen LogP contribution >= 0.6 is 0 Å². The molecule has 5 atom stereocenters. The van der Waals surface area contributed by atoms with E-state index in [1.54, 1.807) is 17.0 Å². The highest BCUT2D eigenvalue weighted by molar-refractivity contribution is 7.89. The number of nitrogens with zero attached hydrogens (tertiary/aromatic N) is 1. The maximum atomic E-state index is 12.9. The number of nitrogens with two attached hydrogens (primary N) is 1. The summed E-state index contributed by atoms with van der Waals surface area (Å²) in [7, 11) is -3.73. The molecule has 4 rings (SSSR count). The number of benzene rings is 1. The van der Waals surface area contributed by atoms with E-state index in [0.717, 1.165) is 23.1 Å². The van der Waals surface area contributed by atoms with Crippen LogP contribution in [-0.2, 0) is 21.2 Å². The molecule has 27 heavy (non-hydrogen) atoms. The van der Waals surface area contributed by atoms with Gasteiger partial charge in [-0.25, -0.2) is 13.6 Å². The van der Waals surface area contributed by atoms with Crippen LogP contribution in [0.5, 0.6) is 0 Å². The Kier molecular flexibility index (Phi) is 4.81. The number of hydrogen-bond acceptors (Lipinski definition) is 4. The molecule has 2 fully saturated rings. The van der Waals surface area contributed by atoms with Gasteiger partial charge in [-0.15, -0.1) is 0 Å². The molecular formula is C20H29N3O3S. The van der Waals surface area contributed by atoms with Gasteiger partial charge in [-0.05, 0) is 81.0 Å². The Morgan fingerprint density at radius 1 is 1.33 bits per heavy atom. The van der Waals surface area contributed by atoms with E-state index in [1.807, 2.05) is 6.92 Å². The van der Waals surface area contributed by atoms with E-state index in [1.165, 1.54) is 31.7 Å². The van der Waals surface area contributed by atoms with Crippen molar-refractivity contribution in [3.63, 3.8) is 0 Å². The van der Waals surface area contributed by atoms with E-state index < -0.39 is 10.0 Å². The third kappa shape index (κ3) is 3.52. The lowest BCUT2D eigenvalue weighted by Crippen LogP contribution is -2.45. The molecule has 1 aromatic rings. The number of hydrogen-bond donors (Lipinski definition) is 2. The highest BCUT2D eigenvalue weighted by Gasteiger charge is 2.42. The van der Waals surface area contributed by atoms with Gasteiger partial charge in [0.15, 0.2) is 0 Å². The first-order valence-corrected chi connectivity index (χ1v) is 11.5. The Balaban J connectivity index is 1.42. The van der Waals surface area contributed by atoms with Crippen molar-refractivity contribution in [2.24, 2.45) is 22.9 Å². The van der Waals surface area contributed by atoms with E-state index in [4.69, 9.17) is 5.14 Å². The zero-order valence-electron chi connectivity index (χ0n) is 16.0. The van der Waals surface area contributed by atoms with Gasteiger partial charge in [0.25, 0.3) is 0 Å². The second-order valence-electron chi connectivity index (χ2n) is 8.66. The lowest BCUT2D eigenvalue weighted by Gasteiger charge is -2.30. The third-order valence-corrected chi connectivity index (χ3v) is 7.79. The zero-order valence-corrected chi connectivity index (χ0v) is 16.8. The molecule has 1 aromatic carbocycles. The molecule has 0 radical (unpaired) electrons. The number of anilines is 1. The van der Waals surface area contributed by atoms with Crippen LogP contribution < -0.4 is 15.4 Å². The Bertz CT molecular complexity index is 854. The van der Waals surface area contributed by atoms with E-state index in [2.05, 4.69) is 12.2 Å². The molecule has 2 saturated carbocycles. The summed E-state index contributed by atoms with van der Waals surface area (Å²) in [6, 6.07) is 5.15.